The zero-order chi connectivity index (χ0) is 27.2. The van der Waals surface area contributed by atoms with Gasteiger partial charge in [-0.15, -0.1) is 0 Å². The Hall–Kier alpha value is -2.30. The summed E-state index contributed by atoms with van der Waals surface area (Å²) in [4.78, 5) is 21.3. The maximum atomic E-state index is 14.0. The van der Waals surface area contributed by atoms with E-state index in [1.165, 1.54) is 0 Å². The lowest BCUT2D eigenvalue weighted by atomic mass is 9.79. The minimum Gasteiger partial charge on any atom is -0.465 e. The molecule has 4 N–H and O–H groups in total. The highest BCUT2D eigenvalue weighted by Gasteiger charge is 2.63. The summed E-state index contributed by atoms with van der Waals surface area (Å²) in [6.45, 7) is -0.289. The molecule has 0 aliphatic heterocycles. The Balaban J connectivity index is 6.10. The lowest BCUT2D eigenvalue weighted by Gasteiger charge is -2.40. The third-order valence-corrected chi connectivity index (χ3v) is 4.44. The minimum atomic E-state index is -6.25. The molecule has 34 heavy (non-hydrogen) atoms. The zero-order valence-electron chi connectivity index (χ0n) is 16.9. The molecule has 0 heterocycles. The van der Waals surface area contributed by atoms with Gasteiger partial charge in [-0.25, -0.2) is 35.9 Å². The Labute approximate surface area is 183 Å². The molecular formula is C16H20F12N2O4. The van der Waals surface area contributed by atoms with Crippen molar-refractivity contribution in [3.8, 4) is 0 Å². The van der Waals surface area contributed by atoms with Crippen molar-refractivity contribution in [2.45, 2.75) is 80.6 Å². The molecule has 0 fully saturated rings. The number of hydrogen-bond acceptors (Lipinski definition) is 2. The first-order chi connectivity index (χ1) is 15.1. The predicted molar refractivity (Wildman–Crippen MR) is 89.4 cm³/mol. The molecule has 0 aromatic heterocycles. The Morgan fingerprint density at radius 2 is 1.09 bits per heavy atom. The van der Waals surface area contributed by atoms with Crippen molar-refractivity contribution in [2.75, 3.05) is 6.54 Å². The van der Waals surface area contributed by atoms with Gasteiger partial charge in [0.2, 0.25) is 0 Å². The van der Waals surface area contributed by atoms with Crippen LogP contribution >= 0.6 is 0 Å². The lowest BCUT2D eigenvalue weighted by Crippen LogP contribution is -2.59. The molecule has 0 aliphatic rings. The van der Waals surface area contributed by atoms with Crippen LogP contribution < -0.4 is 10.6 Å². The van der Waals surface area contributed by atoms with Gasteiger partial charge in [0.1, 0.15) is 0 Å². The van der Waals surface area contributed by atoms with E-state index in [-0.39, 0.29) is 19.4 Å². The number of rotatable bonds is 13. The average Bonchev–Trinajstić information content (AvgIpc) is 2.60. The highest BCUT2D eigenvalue weighted by molar-refractivity contribution is 5.65. The largest absolute Gasteiger partial charge is 0.465 e. The van der Waals surface area contributed by atoms with Crippen molar-refractivity contribution in [1.82, 2.24) is 10.6 Å². The van der Waals surface area contributed by atoms with E-state index < -0.39 is 79.9 Å². The average molecular weight is 532 g/mol. The topological polar surface area (TPSA) is 98.7 Å². The van der Waals surface area contributed by atoms with E-state index in [4.69, 9.17) is 10.2 Å². The standard InChI is InChI=1S/C16H20F12N2O4/c17-8(15(23,24)25)13(19,20)6-12(30-11(33)34,4-2-1-3-5-29-10(31)32)7-14(21,22)9(18)16(26,27)28/h8-9,29-30H,1-7H2,(H,31,32)(H,33,34). The molecule has 202 valence electrons. The van der Waals surface area contributed by atoms with Crippen LogP contribution in [0.3, 0.4) is 0 Å². The van der Waals surface area contributed by atoms with Gasteiger partial charge in [-0.3, -0.25) is 0 Å². The maximum absolute atomic E-state index is 14.0. The first-order valence-corrected chi connectivity index (χ1v) is 9.21. The van der Waals surface area contributed by atoms with Crippen molar-refractivity contribution >= 4 is 12.2 Å². The molecule has 0 rings (SSSR count). The first-order valence-electron chi connectivity index (χ1n) is 9.21. The molecule has 0 aromatic rings. The number of halogens is 12. The van der Waals surface area contributed by atoms with Crippen LogP contribution in [0.5, 0.6) is 0 Å². The zero-order valence-corrected chi connectivity index (χ0v) is 16.9. The van der Waals surface area contributed by atoms with Gasteiger partial charge in [-0.2, -0.15) is 26.3 Å². The van der Waals surface area contributed by atoms with Gasteiger partial charge < -0.3 is 20.8 Å². The molecule has 0 saturated heterocycles. The molecule has 0 bridgehead atoms. The minimum absolute atomic E-state index is 0.134. The Bertz CT molecular complexity index is 650. The molecular weight excluding hydrogens is 512 g/mol. The van der Waals surface area contributed by atoms with E-state index in [1.54, 1.807) is 0 Å². The summed E-state index contributed by atoms with van der Waals surface area (Å²) in [7, 11) is 0. The molecule has 6 nitrogen and oxygen atoms in total. The fraction of sp³-hybridized carbons (Fsp3) is 0.875. The number of alkyl halides is 12. The summed E-state index contributed by atoms with van der Waals surface area (Å²) in [5, 5.41) is 20.1. The van der Waals surface area contributed by atoms with Crippen LogP contribution in [0, 0.1) is 0 Å². The molecule has 18 heteroatoms. The summed E-state index contributed by atoms with van der Waals surface area (Å²) in [6.07, 6.45) is -34.1. The molecule has 2 atom stereocenters. The maximum Gasteiger partial charge on any atom is 0.425 e. The summed E-state index contributed by atoms with van der Waals surface area (Å²) in [6, 6.07) is 0. The smallest absolute Gasteiger partial charge is 0.425 e. The number of hydrogen-bond donors (Lipinski definition) is 4. The van der Waals surface area contributed by atoms with E-state index in [1.807, 2.05) is 5.32 Å². The van der Waals surface area contributed by atoms with Crippen LogP contribution in [0.25, 0.3) is 0 Å². The van der Waals surface area contributed by atoms with Crippen molar-refractivity contribution in [2.24, 2.45) is 0 Å². The SMILES string of the molecule is O=C(O)NCCCCCC(CC(F)(F)C(F)C(F)(F)F)(CC(F)(F)C(F)C(F)(F)F)NC(=O)O. The summed E-state index contributed by atoms with van der Waals surface area (Å²) in [5.74, 6) is -11.2. The molecule has 0 aromatic carbocycles. The van der Waals surface area contributed by atoms with Gasteiger partial charge in [0.25, 0.3) is 24.2 Å². The fourth-order valence-electron chi connectivity index (χ4n) is 3.14. The van der Waals surface area contributed by atoms with E-state index in [9.17, 15) is 62.3 Å². The number of nitrogens with one attached hydrogen (secondary N) is 2. The normalized spacial score (nSPS) is 16.9. The highest BCUT2D eigenvalue weighted by Crippen LogP contribution is 2.46. The monoisotopic (exact) mass is 532 g/mol. The second kappa shape index (κ2) is 11.4. The molecule has 2 unspecified atom stereocenters. The number of amides is 2. The van der Waals surface area contributed by atoms with Gasteiger partial charge in [-0.1, -0.05) is 12.8 Å². The van der Waals surface area contributed by atoms with Crippen LogP contribution in [0.2, 0.25) is 0 Å². The predicted octanol–water partition coefficient (Wildman–Crippen LogP) is 5.67. The first kappa shape index (κ1) is 31.7. The van der Waals surface area contributed by atoms with Crippen LogP contribution in [0.15, 0.2) is 0 Å². The Morgan fingerprint density at radius 3 is 1.41 bits per heavy atom. The van der Waals surface area contributed by atoms with Crippen LogP contribution in [-0.2, 0) is 0 Å². The van der Waals surface area contributed by atoms with Gasteiger partial charge in [0.15, 0.2) is 0 Å². The second-order valence-electron chi connectivity index (χ2n) is 7.44. The van der Waals surface area contributed by atoms with E-state index in [0.717, 1.165) is 5.32 Å². The van der Waals surface area contributed by atoms with E-state index in [2.05, 4.69) is 0 Å². The van der Waals surface area contributed by atoms with Crippen LogP contribution in [0.1, 0.15) is 38.5 Å². The number of unbranched alkanes of at least 4 members (excludes halogenated alkanes) is 2. The van der Waals surface area contributed by atoms with E-state index >= 15 is 0 Å². The number of carbonyl (C=O) groups is 2. The van der Waals surface area contributed by atoms with Crippen molar-refractivity contribution in [3.05, 3.63) is 0 Å². The third-order valence-electron chi connectivity index (χ3n) is 4.44. The molecule has 0 aliphatic carbocycles. The van der Waals surface area contributed by atoms with Crippen molar-refractivity contribution < 1.29 is 72.5 Å². The Morgan fingerprint density at radius 1 is 0.676 bits per heavy atom. The van der Waals surface area contributed by atoms with Gasteiger partial charge in [0.05, 0.1) is 5.54 Å². The van der Waals surface area contributed by atoms with Crippen molar-refractivity contribution in [1.29, 1.82) is 0 Å². The second-order valence-corrected chi connectivity index (χ2v) is 7.44. The van der Waals surface area contributed by atoms with Crippen molar-refractivity contribution in [3.63, 3.8) is 0 Å². The van der Waals surface area contributed by atoms with Gasteiger partial charge in [0, 0.05) is 19.4 Å². The summed E-state index contributed by atoms with van der Waals surface area (Å²) < 4.78 is 158. The van der Waals surface area contributed by atoms with Crippen LogP contribution in [-0.4, -0.2) is 71.0 Å². The fourth-order valence-corrected chi connectivity index (χ4v) is 3.14. The van der Waals surface area contributed by atoms with E-state index in [0.29, 0.717) is 0 Å². The molecule has 2 amide bonds. The molecule has 0 radical (unpaired) electrons. The lowest BCUT2D eigenvalue weighted by molar-refractivity contribution is -0.259. The molecule has 0 saturated carbocycles. The van der Waals surface area contributed by atoms with Gasteiger partial charge >= 0.3 is 24.5 Å². The number of carboxylic acid groups (broad SMARTS) is 2. The van der Waals surface area contributed by atoms with Crippen LogP contribution in [0.4, 0.5) is 62.3 Å². The summed E-state index contributed by atoms with van der Waals surface area (Å²) >= 11 is 0. The summed E-state index contributed by atoms with van der Waals surface area (Å²) in [5.41, 5.74) is -3.54. The van der Waals surface area contributed by atoms with Gasteiger partial charge in [-0.05, 0) is 12.8 Å². The molecule has 0 spiro atoms. The highest BCUT2D eigenvalue weighted by atomic mass is 19.4. The Kier molecular flexibility index (Phi) is 10.6. The quantitative estimate of drug-likeness (QED) is 0.182. The third kappa shape index (κ3) is 10.3.